The number of hydrogen-bond acceptors (Lipinski definition) is 3. The molecule has 0 aromatic heterocycles. The third kappa shape index (κ3) is 4.56. The molecule has 0 saturated carbocycles. The average Bonchev–Trinajstić information content (AvgIpc) is 2.87. The molecule has 1 fully saturated rings. The second-order valence-electron chi connectivity index (χ2n) is 5.23. The van der Waals surface area contributed by atoms with E-state index in [2.05, 4.69) is 19.2 Å². The van der Waals surface area contributed by atoms with Crippen LogP contribution in [0.3, 0.4) is 0 Å². The van der Waals surface area contributed by atoms with Gasteiger partial charge in [-0.05, 0) is 24.1 Å². The van der Waals surface area contributed by atoms with Gasteiger partial charge in [-0.15, -0.1) is 0 Å². The molecule has 19 heavy (non-hydrogen) atoms. The van der Waals surface area contributed by atoms with Crippen LogP contribution in [0.5, 0.6) is 0 Å². The Kier molecular flexibility index (Phi) is 5.31. The lowest BCUT2D eigenvalue weighted by Crippen LogP contribution is -2.31. The Hall–Kier alpha value is -0.970. The Labute approximate surface area is 114 Å². The molecule has 1 saturated heterocycles. The predicted octanol–water partition coefficient (Wildman–Crippen LogP) is 2.67. The minimum Gasteiger partial charge on any atom is -0.379 e. The molecule has 0 spiro atoms. The van der Waals surface area contributed by atoms with Gasteiger partial charge in [-0.3, -0.25) is 0 Å². The van der Waals surface area contributed by atoms with Gasteiger partial charge in [0.25, 0.3) is 0 Å². The molecule has 1 N–H and O–H groups in total. The second-order valence-corrected chi connectivity index (χ2v) is 5.23. The maximum absolute atomic E-state index is 13.3. The molecule has 4 heteroatoms. The van der Waals surface area contributed by atoms with Crippen LogP contribution in [0.2, 0.25) is 0 Å². The van der Waals surface area contributed by atoms with Crippen LogP contribution in [-0.2, 0) is 9.47 Å². The molecule has 3 nitrogen and oxygen atoms in total. The molecule has 2 rings (SSSR count). The largest absolute Gasteiger partial charge is 0.379 e. The van der Waals surface area contributed by atoms with E-state index < -0.39 is 0 Å². The standard InChI is InChI=1S/C15H22FNO2/c1-11(2)17-9-15(19-14-6-7-18-10-14)12-4-3-5-13(16)8-12/h3-5,8,11,14-15,17H,6-7,9-10H2,1-2H3. The summed E-state index contributed by atoms with van der Waals surface area (Å²) in [4.78, 5) is 0. The van der Waals surface area contributed by atoms with Crippen LogP contribution in [0.4, 0.5) is 4.39 Å². The Morgan fingerprint density at radius 2 is 2.32 bits per heavy atom. The van der Waals surface area contributed by atoms with Crippen molar-refractivity contribution in [3.05, 3.63) is 35.6 Å². The van der Waals surface area contributed by atoms with E-state index in [4.69, 9.17) is 9.47 Å². The Balaban J connectivity index is 2.03. The Morgan fingerprint density at radius 1 is 1.47 bits per heavy atom. The van der Waals surface area contributed by atoms with Gasteiger partial charge < -0.3 is 14.8 Å². The first-order valence-electron chi connectivity index (χ1n) is 6.87. The van der Waals surface area contributed by atoms with Crippen molar-refractivity contribution in [1.82, 2.24) is 5.32 Å². The van der Waals surface area contributed by atoms with E-state index in [-0.39, 0.29) is 18.0 Å². The first-order valence-corrected chi connectivity index (χ1v) is 6.87. The molecule has 0 aliphatic carbocycles. The highest BCUT2D eigenvalue weighted by molar-refractivity contribution is 5.19. The lowest BCUT2D eigenvalue weighted by atomic mass is 10.1. The highest BCUT2D eigenvalue weighted by atomic mass is 19.1. The lowest BCUT2D eigenvalue weighted by molar-refractivity contribution is -0.0173. The normalized spacial score (nSPS) is 20.9. The smallest absolute Gasteiger partial charge is 0.123 e. The van der Waals surface area contributed by atoms with E-state index in [1.807, 2.05) is 6.07 Å². The average molecular weight is 267 g/mol. The van der Waals surface area contributed by atoms with E-state index >= 15 is 0 Å². The van der Waals surface area contributed by atoms with Crippen molar-refractivity contribution in [1.29, 1.82) is 0 Å². The SMILES string of the molecule is CC(C)NCC(OC1CCOC1)c1cccc(F)c1. The number of rotatable bonds is 6. The monoisotopic (exact) mass is 267 g/mol. The minimum atomic E-state index is -0.224. The Morgan fingerprint density at radius 3 is 2.95 bits per heavy atom. The summed E-state index contributed by atoms with van der Waals surface area (Å²) in [5.74, 6) is -0.224. The van der Waals surface area contributed by atoms with E-state index in [9.17, 15) is 4.39 Å². The van der Waals surface area contributed by atoms with E-state index in [1.165, 1.54) is 6.07 Å². The fraction of sp³-hybridized carbons (Fsp3) is 0.600. The van der Waals surface area contributed by atoms with Crippen molar-refractivity contribution >= 4 is 0 Å². The zero-order valence-corrected chi connectivity index (χ0v) is 11.6. The second kappa shape index (κ2) is 6.98. The molecule has 1 aromatic rings. The summed E-state index contributed by atoms with van der Waals surface area (Å²) >= 11 is 0. The number of hydrogen-bond donors (Lipinski definition) is 1. The molecular formula is C15H22FNO2. The molecule has 2 unspecified atom stereocenters. The van der Waals surface area contributed by atoms with Crippen molar-refractivity contribution in [2.45, 2.75) is 38.5 Å². The van der Waals surface area contributed by atoms with Crippen LogP contribution in [0.15, 0.2) is 24.3 Å². The van der Waals surface area contributed by atoms with Crippen LogP contribution in [0.25, 0.3) is 0 Å². The predicted molar refractivity (Wildman–Crippen MR) is 72.6 cm³/mol. The van der Waals surface area contributed by atoms with E-state index in [0.29, 0.717) is 19.2 Å². The summed E-state index contributed by atoms with van der Waals surface area (Å²) in [6, 6.07) is 7.00. The molecule has 0 amide bonds. The number of ether oxygens (including phenoxy) is 2. The summed E-state index contributed by atoms with van der Waals surface area (Å²) in [5.41, 5.74) is 0.875. The number of benzene rings is 1. The zero-order chi connectivity index (χ0) is 13.7. The maximum atomic E-state index is 13.3. The third-order valence-electron chi connectivity index (χ3n) is 3.18. The lowest BCUT2D eigenvalue weighted by Gasteiger charge is -2.23. The van der Waals surface area contributed by atoms with Gasteiger partial charge in [0.2, 0.25) is 0 Å². The molecule has 0 bridgehead atoms. The van der Waals surface area contributed by atoms with Crippen LogP contribution < -0.4 is 5.32 Å². The number of nitrogens with one attached hydrogen (secondary N) is 1. The van der Waals surface area contributed by atoms with Crippen molar-refractivity contribution in [2.24, 2.45) is 0 Å². The van der Waals surface area contributed by atoms with Crippen molar-refractivity contribution in [3.63, 3.8) is 0 Å². The van der Waals surface area contributed by atoms with Crippen molar-refractivity contribution in [2.75, 3.05) is 19.8 Å². The molecule has 1 aliphatic rings. The molecule has 1 heterocycles. The Bertz CT molecular complexity index is 391. The first kappa shape index (κ1) is 14.4. The molecule has 1 aromatic carbocycles. The van der Waals surface area contributed by atoms with Crippen LogP contribution in [-0.4, -0.2) is 31.9 Å². The zero-order valence-electron chi connectivity index (χ0n) is 11.6. The topological polar surface area (TPSA) is 30.5 Å². The summed E-state index contributed by atoms with van der Waals surface area (Å²) in [6.45, 7) is 6.23. The molecule has 0 radical (unpaired) electrons. The highest BCUT2D eigenvalue weighted by Gasteiger charge is 2.22. The summed E-state index contributed by atoms with van der Waals surface area (Å²) in [7, 11) is 0. The summed E-state index contributed by atoms with van der Waals surface area (Å²) in [5, 5.41) is 3.35. The van der Waals surface area contributed by atoms with Gasteiger partial charge in [-0.2, -0.15) is 0 Å². The van der Waals surface area contributed by atoms with Gasteiger partial charge in [0.15, 0.2) is 0 Å². The first-order chi connectivity index (χ1) is 9.15. The van der Waals surface area contributed by atoms with Crippen LogP contribution >= 0.6 is 0 Å². The van der Waals surface area contributed by atoms with Crippen LogP contribution in [0.1, 0.15) is 31.9 Å². The highest BCUT2D eigenvalue weighted by Crippen LogP contribution is 2.22. The fourth-order valence-electron chi connectivity index (χ4n) is 2.15. The van der Waals surface area contributed by atoms with E-state index in [0.717, 1.165) is 18.6 Å². The molecule has 1 aliphatic heterocycles. The van der Waals surface area contributed by atoms with Gasteiger partial charge in [0, 0.05) is 19.2 Å². The van der Waals surface area contributed by atoms with Gasteiger partial charge in [-0.25, -0.2) is 4.39 Å². The maximum Gasteiger partial charge on any atom is 0.123 e. The van der Waals surface area contributed by atoms with Gasteiger partial charge >= 0.3 is 0 Å². The van der Waals surface area contributed by atoms with Gasteiger partial charge in [-0.1, -0.05) is 26.0 Å². The summed E-state index contributed by atoms with van der Waals surface area (Å²) < 4.78 is 24.7. The van der Waals surface area contributed by atoms with E-state index in [1.54, 1.807) is 12.1 Å². The molecule has 2 atom stereocenters. The van der Waals surface area contributed by atoms with Gasteiger partial charge in [0.1, 0.15) is 5.82 Å². The number of halogens is 1. The van der Waals surface area contributed by atoms with Gasteiger partial charge in [0.05, 0.1) is 18.8 Å². The van der Waals surface area contributed by atoms with Crippen LogP contribution in [0, 0.1) is 5.82 Å². The summed E-state index contributed by atoms with van der Waals surface area (Å²) in [6.07, 6.45) is 0.889. The third-order valence-corrected chi connectivity index (χ3v) is 3.18. The molecular weight excluding hydrogens is 245 g/mol. The fourth-order valence-corrected chi connectivity index (χ4v) is 2.15. The van der Waals surface area contributed by atoms with Crippen molar-refractivity contribution in [3.8, 4) is 0 Å². The van der Waals surface area contributed by atoms with Crippen molar-refractivity contribution < 1.29 is 13.9 Å². The molecule has 106 valence electrons. The minimum absolute atomic E-state index is 0.113. The quantitative estimate of drug-likeness (QED) is 0.859.